The standard InChI is InChI=1S/C16H24N2O5S/c1-3-4-5-6-7-8-9-17-16(23)18-13-11(14(19)20)10(2)12(24-13)15(21)22/h3-9H2,1-2H3,(H,19,20)(H,21,22)(H2,17,18,23). The van der Waals surface area contributed by atoms with Crippen LogP contribution in [0.4, 0.5) is 9.80 Å². The summed E-state index contributed by atoms with van der Waals surface area (Å²) in [6.45, 7) is 4.07. The Kier molecular flexibility index (Phi) is 8.25. The van der Waals surface area contributed by atoms with Gasteiger partial charge in [0.15, 0.2) is 0 Å². The Morgan fingerprint density at radius 3 is 2.21 bits per heavy atom. The second-order valence-electron chi connectivity index (χ2n) is 5.52. The van der Waals surface area contributed by atoms with Gasteiger partial charge in [-0.25, -0.2) is 14.4 Å². The van der Waals surface area contributed by atoms with E-state index in [9.17, 15) is 19.5 Å². The summed E-state index contributed by atoms with van der Waals surface area (Å²) >= 11 is 0.751. The zero-order valence-electron chi connectivity index (χ0n) is 14.0. The van der Waals surface area contributed by atoms with E-state index in [-0.39, 0.29) is 21.0 Å². The van der Waals surface area contributed by atoms with E-state index in [0.29, 0.717) is 6.54 Å². The van der Waals surface area contributed by atoms with E-state index in [4.69, 9.17) is 5.11 Å². The first-order valence-electron chi connectivity index (χ1n) is 8.03. The third-order valence-electron chi connectivity index (χ3n) is 3.60. The molecule has 0 aliphatic carbocycles. The highest BCUT2D eigenvalue weighted by molar-refractivity contribution is 7.18. The van der Waals surface area contributed by atoms with Crippen LogP contribution in [-0.4, -0.2) is 34.7 Å². The SMILES string of the molecule is CCCCCCCCNC(=O)Nc1sc(C(=O)O)c(C)c1C(=O)O. The topological polar surface area (TPSA) is 116 Å². The number of amides is 2. The predicted molar refractivity (Wildman–Crippen MR) is 93.4 cm³/mol. The summed E-state index contributed by atoms with van der Waals surface area (Å²) in [6, 6.07) is -0.524. The molecular weight excluding hydrogens is 332 g/mol. The molecule has 0 radical (unpaired) electrons. The van der Waals surface area contributed by atoms with Gasteiger partial charge in [-0.15, -0.1) is 11.3 Å². The fourth-order valence-electron chi connectivity index (χ4n) is 2.32. The fraction of sp³-hybridized carbons (Fsp3) is 0.562. The van der Waals surface area contributed by atoms with Gasteiger partial charge in [0, 0.05) is 6.54 Å². The summed E-state index contributed by atoms with van der Waals surface area (Å²) in [5.74, 6) is -2.47. The van der Waals surface area contributed by atoms with Gasteiger partial charge in [-0.1, -0.05) is 39.0 Å². The zero-order chi connectivity index (χ0) is 18.1. The van der Waals surface area contributed by atoms with Gasteiger partial charge in [-0.05, 0) is 18.9 Å². The zero-order valence-corrected chi connectivity index (χ0v) is 14.8. The molecule has 2 amide bonds. The van der Waals surface area contributed by atoms with Crippen molar-refractivity contribution < 1.29 is 24.6 Å². The summed E-state index contributed by atoms with van der Waals surface area (Å²) in [4.78, 5) is 34.2. The fourth-order valence-corrected chi connectivity index (χ4v) is 3.35. The molecule has 7 nitrogen and oxygen atoms in total. The molecule has 0 atom stereocenters. The second kappa shape index (κ2) is 9.92. The Labute approximate surface area is 145 Å². The maximum absolute atomic E-state index is 11.9. The van der Waals surface area contributed by atoms with Crippen LogP contribution in [0.1, 0.15) is 71.0 Å². The number of nitrogens with one attached hydrogen (secondary N) is 2. The molecule has 1 heterocycles. The molecule has 0 fully saturated rings. The van der Waals surface area contributed by atoms with Gasteiger partial charge in [-0.3, -0.25) is 5.32 Å². The number of thiophene rings is 1. The van der Waals surface area contributed by atoms with Crippen molar-refractivity contribution in [1.29, 1.82) is 0 Å². The summed E-state index contributed by atoms with van der Waals surface area (Å²) in [5, 5.41) is 23.4. The van der Waals surface area contributed by atoms with Gasteiger partial charge >= 0.3 is 18.0 Å². The average Bonchev–Trinajstić information content (AvgIpc) is 2.83. The molecular formula is C16H24N2O5S. The van der Waals surface area contributed by atoms with Crippen LogP contribution in [0.15, 0.2) is 0 Å². The predicted octanol–water partition coefficient (Wildman–Crippen LogP) is 3.93. The number of anilines is 1. The number of carbonyl (C=O) groups is 3. The minimum absolute atomic E-state index is 0.0397. The lowest BCUT2D eigenvalue weighted by molar-refractivity contribution is 0.0696. The number of urea groups is 1. The van der Waals surface area contributed by atoms with Gasteiger partial charge in [0.05, 0.1) is 5.56 Å². The highest BCUT2D eigenvalue weighted by Gasteiger charge is 2.25. The van der Waals surface area contributed by atoms with Crippen molar-refractivity contribution >= 4 is 34.3 Å². The maximum atomic E-state index is 11.9. The highest BCUT2D eigenvalue weighted by Crippen LogP contribution is 2.33. The van der Waals surface area contributed by atoms with Crippen LogP contribution in [0.3, 0.4) is 0 Å². The van der Waals surface area contributed by atoms with E-state index in [1.54, 1.807) is 0 Å². The van der Waals surface area contributed by atoms with Crippen molar-refractivity contribution in [3.63, 3.8) is 0 Å². The van der Waals surface area contributed by atoms with Gasteiger partial charge in [0.25, 0.3) is 0 Å². The van der Waals surface area contributed by atoms with Crippen LogP contribution in [0.25, 0.3) is 0 Å². The van der Waals surface area contributed by atoms with Crippen LogP contribution >= 0.6 is 11.3 Å². The van der Waals surface area contributed by atoms with Crippen molar-refractivity contribution in [3.8, 4) is 0 Å². The highest BCUT2D eigenvalue weighted by atomic mass is 32.1. The lowest BCUT2D eigenvalue weighted by Crippen LogP contribution is -2.29. The molecule has 0 bridgehead atoms. The normalized spacial score (nSPS) is 10.4. The van der Waals surface area contributed by atoms with Gasteiger partial charge in [0.2, 0.25) is 0 Å². The Hall–Kier alpha value is -2.09. The van der Waals surface area contributed by atoms with E-state index in [2.05, 4.69) is 17.6 Å². The molecule has 0 unspecified atom stereocenters. The molecule has 4 N–H and O–H groups in total. The van der Waals surface area contributed by atoms with E-state index in [1.165, 1.54) is 26.2 Å². The maximum Gasteiger partial charge on any atom is 0.346 e. The largest absolute Gasteiger partial charge is 0.478 e. The summed E-state index contributed by atoms with van der Waals surface area (Å²) in [6.07, 6.45) is 6.61. The van der Waals surface area contributed by atoms with Crippen molar-refractivity contribution in [2.45, 2.75) is 52.4 Å². The quantitative estimate of drug-likeness (QED) is 0.474. The first-order valence-corrected chi connectivity index (χ1v) is 8.84. The molecule has 1 aromatic heterocycles. The molecule has 1 aromatic rings. The minimum Gasteiger partial charge on any atom is -0.478 e. The number of hydrogen-bond donors (Lipinski definition) is 4. The number of carboxylic acids is 2. The molecule has 134 valence electrons. The molecule has 24 heavy (non-hydrogen) atoms. The molecule has 0 aliphatic rings. The smallest absolute Gasteiger partial charge is 0.346 e. The molecule has 0 aliphatic heterocycles. The second-order valence-corrected chi connectivity index (χ2v) is 6.54. The van der Waals surface area contributed by atoms with Gasteiger partial charge in [0.1, 0.15) is 9.88 Å². The van der Waals surface area contributed by atoms with E-state index in [1.807, 2.05) is 0 Å². The third kappa shape index (κ3) is 5.84. The Bertz CT molecular complexity index is 598. The summed E-state index contributed by atoms with van der Waals surface area (Å²) in [5.41, 5.74) is -0.0293. The molecule has 0 saturated carbocycles. The number of aromatic carboxylic acids is 2. The summed E-state index contributed by atoms with van der Waals surface area (Å²) < 4.78 is 0. The van der Waals surface area contributed by atoms with Gasteiger partial charge in [-0.2, -0.15) is 0 Å². The first-order chi connectivity index (χ1) is 11.4. The van der Waals surface area contributed by atoms with Crippen LogP contribution in [0.5, 0.6) is 0 Å². The first kappa shape index (κ1) is 20.0. The monoisotopic (exact) mass is 356 g/mol. The van der Waals surface area contributed by atoms with Crippen LogP contribution < -0.4 is 10.6 Å². The summed E-state index contributed by atoms with van der Waals surface area (Å²) in [7, 11) is 0. The number of rotatable bonds is 10. The Morgan fingerprint density at radius 1 is 1.00 bits per heavy atom. The Balaban J connectivity index is 2.53. The lowest BCUT2D eigenvalue weighted by atomic mass is 10.1. The van der Waals surface area contributed by atoms with Crippen molar-refractivity contribution in [1.82, 2.24) is 5.32 Å². The van der Waals surface area contributed by atoms with Crippen LogP contribution in [-0.2, 0) is 0 Å². The van der Waals surface area contributed by atoms with E-state index < -0.39 is 18.0 Å². The molecule has 0 aromatic carbocycles. The van der Waals surface area contributed by atoms with Crippen LogP contribution in [0, 0.1) is 6.92 Å². The minimum atomic E-state index is -1.26. The molecule has 0 saturated heterocycles. The van der Waals surface area contributed by atoms with Crippen molar-refractivity contribution in [3.05, 3.63) is 16.0 Å². The van der Waals surface area contributed by atoms with Crippen molar-refractivity contribution in [2.24, 2.45) is 0 Å². The van der Waals surface area contributed by atoms with Gasteiger partial charge < -0.3 is 15.5 Å². The number of hydrogen-bond acceptors (Lipinski definition) is 4. The van der Waals surface area contributed by atoms with E-state index >= 15 is 0 Å². The molecule has 8 heteroatoms. The Morgan fingerprint density at radius 2 is 1.62 bits per heavy atom. The van der Waals surface area contributed by atoms with E-state index in [0.717, 1.165) is 30.6 Å². The molecule has 0 spiro atoms. The van der Waals surface area contributed by atoms with Crippen LogP contribution in [0.2, 0.25) is 0 Å². The van der Waals surface area contributed by atoms with Crippen molar-refractivity contribution in [2.75, 3.05) is 11.9 Å². The number of carboxylic acid groups (broad SMARTS) is 2. The number of unbranched alkanes of at least 4 members (excludes halogenated alkanes) is 5. The third-order valence-corrected chi connectivity index (χ3v) is 4.79. The number of carbonyl (C=O) groups excluding carboxylic acids is 1. The molecule has 1 rings (SSSR count). The lowest BCUT2D eigenvalue weighted by Gasteiger charge is -2.07. The average molecular weight is 356 g/mol.